The lowest BCUT2D eigenvalue weighted by molar-refractivity contribution is 0.111. The molecule has 2 aromatic rings. The van der Waals surface area contributed by atoms with Gasteiger partial charge in [0.05, 0.1) is 0 Å². The van der Waals surface area contributed by atoms with Crippen molar-refractivity contribution in [3.05, 3.63) is 17.3 Å². The molecule has 2 aliphatic rings. The first kappa shape index (κ1) is 12.4. The molecule has 1 aliphatic heterocycles. The number of thiazole rings is 1. The van der Waals surface area contributed by atoms with Crippen molar-refractivity contribution < 1.29 is 4.79 Å². The van der Waals surface area contributed by atoms with E-state index < -0.39 is 0 Å². The van der Waals surface area contributed by atoms with Gasteiger partial charge in [0.2, 0.25) is 0 Å². The van der Waals surface area contributed by atoms with Gasteiger partial charge < -0.3 is 4.90 Å². The van der Waals surface area contributed by atoms with Crippen LogP contribution >= 0.6 is 11.3 Å². The maximum Gasteiger partial charge on any atom is 0.196 e. The van der Waals surface area contributed by atoms with E-state index in [9.17, 15) is 4.79 Å². The molecule has 1 saturated carbocycles. The molecule has 4 rings (SSSR count). The molecule has 0 bridgehead atoms. The third-order valence-corrected chi connectivity index (χ3v) is 5.66. The predicted molar refractivity (Wildman–Crippen MR) is 80.8 cm³/mol. The number of fused-ring (bicyclic) bond motifs is 2. The van der Waals surface area contributed by atoms with E-state index in [4.69, 9.17) is 4.98 Å². The lowest BCUT2D eigenvalue weighted by atomic mass is 9.78. The summed E-state index contributed by atoms with van der Waals surface area (Å²) < 4.78 is 1.93. The SMILES string of the molecule is O=Cc1c(N2CCCC3CCCCC32)nc2sccn12. The minimum absolute atomic E-state index is 0.598. The number of piperidine rings is 1. The van der Waals surface area contributed by atoms with E-state index in [1.165, 1.54) is 38.5 Å². The van der Waals surface area contributed by atoms with E-state index in [0.717, 1.165) is 35.2 Å². The predicted octanol–water partition coefficient (Wildman–Crippen LogP) is 3.37. The molecule has 106 valence electrons. The Labute approximate surface area is 122 Å². The molecule has 0 spiro atoms. The smallest absolute Gasteiger partial charge is 0.196 e. The van der Waals surface area contributed by atoms with E-state index in [-0.39, 0.29) is 0 Å². The van der Waals surface area contributed by atoms with E-state index in [1.807, 2.05) is 16.0 Å². The topological polar surface area (TPSA) is 37.6 Å². The van der Waals surface area contributed by atoms with Crippen LogP contribution in [0.5, 0.6) is 0 Å². The Bertz CT molecular complexity index is 630. The molecule has 20 heavy (non-hydrogen) atoms. The average Bonchev–Trinajstić information content (AvgIpc) is 3.06. The summed E-state index contributed by atoms with van der Waals surface area (Å²) in [4.78, 5) is 19.6. The number of hydrogen-bond donors (Lipinski definition) is 0. The van der Waals surface area contributed by atoms with Gasteiger partial charge in [0.1, 0.15) is 5.69 Å². The van der Waals surface area contributed by atoms with E-state index >= 15 is 0 Å². The molecular weight excluding hydrogens is 270 g/mol. The zero-order chi connectivity index (χ0) is 13.5. The molecular formula is C15H19N3OS. The van der Waals surface area contributed by atoms with Crippen LogP contribution in [0.1, 0.15) is 49.0 Å². The summed E-state index contributed by atoms with van der Waals surface area (Å²) in [6.45, 7) is 1.05. The Morgan fingerprint density at radius 2 is 2.10 bits per heavy atom. The van der Waals surface area contributed by atoms with Gasteiger partial charge in [-0.25, -0.2) is 4.98 Å². The Hall–Kier alpha value is -1.36. The summed E-state index contributed by atoms with van der Waals surface area (Å²) in [5, 5.41) is 1.98. The van der Waals surface area contributed by atoms with E-state index in [1.54, 1.807) is 11.3 Å². The molecule has 0 aromatic carbocycles. The van der Waals surface area contributed by atoms with Crippen LogP contribution in [0.15, 0.2) is 11.6 Å². The van der Waals surface area contributed by atoms with Gasteiger partial charge in [-0.05, 0) is 31.6 Å². The number of aldehydes is 1. The first-order valence-electron chi connectivity index (χ1n) is 7.56. The molecule has 0 amide bonds. The van der Waals surface area contributed by atoms with Gasteiger partial charge in [-0.1, -0.05) is 12.8 Å². The van der Waals surface area contributed by atoms with Gasteiger partial charge in [0.25, 0.3) is 0 Å². The second-order valence-electron chi connectivity index (χ2n) is 5.94. The monoisotopic (exact) mass is 289 g/mol. The molecule has 1 aliphatic carbocycles. The van der Waals surface area contributed by atoms with Gasteiger partial charge in [-0.3, -0.25) is 9.20 Å². The third-order valence-electron chi connectivity index (χ3n) is 4.91. The fourth-order valence-electron chi connectivity index (χ4n) is 4.00. The molecule has 1 saturated heterocycles. The summed E-state index contributed by atoms with van der Waals surface area (Å²) in [5.74, 6) is 1.72. The van der Waals surface area contributed by atoms with Crippen molar-refractivity contribution in [2.45, 2.75) is 44.6 Å². The second kappa shape index (κ2) is 4.88. The highest BCUT2D eigenvalue weighted by atomic mass is 32.1. The number of imidazole rings is 1. The van der Waals surface area contributed by atoms with Crippen molar-refractivity contribution in [3.63, 3.8) is 0 Å². The minimum atomic E-state index is 0.598. The average molecular weight is 289 g/mol. The first-order chi connectivity index (χ1) is 9.88. The summed E-state index contributed by atoms with van der Waals surface area (Å²) in [7, 11) is 0. The Balaban J connectivity index is 1.76. The summed E-state index contributed by atoms with van der Waals surface area (Å²) in [6.07, 6.45) is 10.8. The quantitative estimate of drug-likeness (QED) is 0.796. The molecule has 5 heteroatoms. The zero-order valence-electron chi connectivity index (χ0n) is 11.5. The lowest BCUT2D eigenvalue weighted by Crippen LogP contribution is -2.47. The van der Waals surface area contributed by atoms with Crippen LogP contribution in [-0.2, 0) is 0 Å². The maximum absolute atomic E-state index is 11.5. The summed E-state index contributed by atoms with van der Waals surface area (Å²) >= 11 is 1.60. The maximum atomic E-state index is 11.5. The minimum Gasteiger partial charge on any atom is -0.351 e. The zero-order valence-corrected chi connectivity index (χ0v) is 12.3. The number of carbonyl (C=O) groups is 1. The van der Waals surface area contributed by atoms with Crippen LogP contribution in [0.25, 0.3) is 4.96 Å². The molecule has 0 radical (unpaired) electrons. The highest BCUT2D eigenvalue weighted by Gasteiger charge is 2.35. The number of carbonyl (C=O) groups excluding carboxylic acids is 1. The number of nitrogens with zero attached hydrogens (tertiary/aromatic N) is 3. The van der Waals surface area contributed by atoms with Crippen molar-refractivity contribution in [1.29, 1.82) is 0 Å². The normalized spacial score (nSPS) is 26.7. The molecule has 2 unspecified atom stereocenters. The molecule has 0 N–H and O–H groups in total. The van der Waals surface area contributed by atoms with Gasteiger partial charge in [0, 0.05) is 24.2 Å². The Kier molecular flexibility index (Phi) is 3.02. The fourth-order valence-corrected chi connectivity index (χ4v) is 4.72. The number of anilines is 1. The third kappa shape index (κ3) is 1.79. The Morgan fingerprint density at radius 3 is 3.00 bits per heavy atom. The fraction of sp³-hybridized carbons (Fsp3) is 0.600. The summed E-state index contributed by atoms with van der Waals surface area (Å²) in [6, 6.07) is 0.598. The van der Waals surface area contributed by atoms with Crippen molar-refractivity contribution in [1.82, 2.24) is 9.38 Å². The van der Waals surface area contributed by atoms with Crippen LogP contribution in [-0.4, -0.2) is 28.3 Å². The van der Waals surface area contributed by atoms with Crippen LogP contribution < -0.4 is 4.90 Å². The van der Waals surface area contributed by atoms with Crippen LogP contribution in [0.4, 0.5) is 5.82 Å². The number of rotatable bonds is 2. The second-order valence-corrected chi connectivity index (χ2v) is 6.81. The highest BCUT2D eigenvalue weighted by Crippen LogP contribution is 2.38. The van der Waals surface area contributed by atoms with Crippen molar-refractivity contribution in [2.24, 2.45) is 5.92 Å². The lowest BCUT2D eigenvalue weighted by Gasteiger charge is -2.44. The largest absolute Gasteiger partial charge is 0.351 e. The first-order valence-corrected chi connectivity index (χ1v) is 8.44. The number of hydrogen-bond acceptors (Lipinski definition) is 4. The highest BCUT2D eigenvalue weighted by molar-refractivity contribution is 7.15. The van der Waals surface area contributed by atoms with Gasteiger partial charge in [0.15, 0.2) is 17.1 Å². The molecule has 2 fully saturated rings. The van der Waals surface area contributed by atoms with Gasteiger partial charge in [-0.15, -0.1) is 11.3 Å². The molecule has 4 nitrogen and oxygen atoms in total. The van der Waals surface area contributed by atoms with E-state index in [0.29, 0.717) is 6.04 Å². The Morgan fingerprint density at radius 1 is 1.25 bits per heavy atom. The van der Waals surface area contributed by atoms with Crippen molar-refractivity contribution >= 4 is 28.4 Å². The molecule has 3 heterocycles. The number of aromatic nitrogens is 2. The molecule has 2 atom stereocenters. The van der Waals surface area contributed by atoms with Crippen molar-refractivity contribution in [2.75, 3.05) is 11.4 Å². The van der Waals surface area contributed by atoms with Gasteiger partial charge >= 0.3 is 0 Å². The standard InChI is InChI=1S/C15H19N3OS/c19-10-13-14(16-15-18(13)8-9-20-15)17-7-3-5-11-4-1-2-6-12(11)17/h8-12H,1-7H2. The van der Waals surface area contributed by atoms with E-state index in [2.05, 4.69) is 4.90 Å². The van der Waals surface area contributed by atoms with Gasteiger partial charge in [-0.2, -0.15) is 0 Å². The van der Waals surface area contributed by atoms with Crippen molar-refractivity contribution in [3.8, 4) is 0 Å². The summed E-state index contributed by atoms with van der Waals surface area (Å²) in [5.41, 5.74) is 0.729. The van der Waals surface area contributed by atoms with Crippen LogP contribution in [0, 0.1) is 5.92 Å². The molecule has 2 aromatic heterocycles. The van der Waals surface area contributed by atoms with Crippen LogP contribution in [0.2, 0.25) is 0 Å². The van der Waals surface area contributed by atoms with Crippen LogP contribution in [0.3, 0.4) is 0 Å².